The second-order valence-corrected chi connectivity index (χ2v) is 15.8. The number of furan rings is 1. The summed E-state index contributed by atoms with van der Waals surface area (Å²) >= 11 is 0. The Kier molecular flexibility index (Phi) is 7.75. The highest BCUT2D eigenvalue weighted by atomic mass is 19.1. The highest BCUT2D eigenvalue weighted by Crippen LogP contribution is 2.49. The fourth-order valence-electron chi connectivity index (χ4n) is 9.07. The molecule has 5 aliphatic heterocycles. The van der Waals surface area contributed by atoms with Crippen molar-refractivity contribution in [2.75, 3.05) is 43.0 Å². The first kappa shape index (κ1) is 34.0. The van der Waals surface area contributed by atoms with E-state index >= 15 is 8.78 Å². The minimum atomic E-state index is -1.01. The van der Waals surface area contributed by atoms with E-state index < -0.39 is 41.1 Å². The number of piperazine rings is 1. The maximum atomic E-state index is 17.5. The molecule has 280 valence electrons. The predicted molar refractivity (Wildman–Crippen MR) is 186 cm³/mol. The standard InChI is InChI=1S/C37H39F3N6O7/c1-36(2,3)53-34(47)41-26-10-21-25(52-26)6-5-24(39)27(21)28-22-15-50-16-23(22)29-31(30(28)40)42-33(51-17-37-7-4-8-45(37)12-18(38)11-37)43-32(29)46-19-9-20(46)14-44(13-19)35(48)49/h5-6,10,18-20H,4,7-9,11-17H2,1-3H3,(H,41,47)(H,48,49)/t18-,19?,20?,37+/m1/s1. The molecule has 2 unspecified atom stereocenters. The molecule has 13 nitrogen and oxygen atoms in total. The fourth-order valence-corrected chi connectivity index (χ4v) is 9.07. The lowest BCUT2D eigenvalue weighted by molar-refractivity contribution is 0.0632. The van der Waals surface area contributed by atoms with Crippen LogP contribution in [-0.2, 0) is 22.7 Å². The van der Waals surface area contributed by atoms with E-state index in [-0.39, 0.29) is 84.5 Å². The summed E-state index contributed by atoms with van der Waals surface area (Å²) < 4.78 is 71.6. The molecule has 2 amide bonds. The Morgan fingerprint density at radius 2 is 1.87 bits per heavy atom. The van der Waals surface area contributed by atoms with E-state index in [4.69, 9.17) is 23.6 Å². The molecule has 0 saturated carbocycles. The third-order valence-corrected chi connectivity index (χ3v) is 11.2. The molecule has 4 saturated heterocycles. The molecule has 4 atom stereocenters. The molecule has 2 N–H and O–H groups in total. The Bertz CT molecular complexity index is 2180. The molecular weight excluding hydrogens is 697 g/mol. The highest BCUT2D eigenvalue weighted by Gasteiger charge is 2.50. The lowest BCUT2D eigenvalue weighted by Gasteiger charge is -2.56. The zero-order valence-corrected chi connectivity index (χ0v) is 29.5. The molecule has 4 aromatic rings. The number of alkyl halides is 1. The second-order valence-electron chi connectivity index (χ2n) is 15.8. The van der Waals surface area contributed by atoms with Crippen molar-refractivity contribution in [1.82, 2.24) is 19.8 Å². The van der Waals surface area contributed by atoms with Crippen LogP contribution in [-0.4, -0.2) is 99.2 Å². The Morgan fingerprint density at radius 1 is 1.09 bits per heavy atom. The number of amides is 2. The fraction of sp³-hybridized carbons (Fsp3) is 0.514. The average molecular weight is 737 g/mol. The molecule has 5 aliphatic rings. The van der Waals surface area contributed by atoms with Crippen LogP contribution >= 0.6 is 0 Å². The second kappa shape index (κ2) is 12.1. The number of benzene rings is 2. The minimum Gasteiger partial charge on any atom is -0.465 e. The predicted octanol–water partition coefficient (Wildman–Crippen LogP) is 6.59. The molecule has 53 heavy (non-hydrogen) atoms. The molecule has 2 aromatic carbocycles. The smallest absolute Gasteiger partial charge is 0.414 e. The number of piperidine rings is 1. The van der Waals surface area contributed by atoms with Gasteiger partial charge in [-0.2, -0.15) is 9.97 Å². The maximum Gasteiger partial charge on any atom is 0.414 e. The maximum absolute atomic E-state index is 17.5. The molecule has 0 radical (unpaired) electrons. The van der Waals surface area contributed by atoms with Crippen LogP contribution in [0.15, 0.2) is 22.6 Å². The van der Waals surface area contributed by atoms with E-state index in [1.165, 1.54) is 23.1 Å². The molecule has 4 fully saturated rings. The van der Waals surface area contributed by atoms with Gasteiger partial charge in [-0.25, -0.2) is 22.8 Å². The summed E-state index contributed by atoms with van der Waals surface area (Å²) in [6.45, 7) is 6.88. The van der Waals surface area contributed by atoms with Crippen molar-refractivity contribution in [1.29, 1.82) is 0 Å². The van der Waals surface area contributed by atoms with E-state index in [1.54, 1.807) is 20.8 Å². The van der Waals surface area contributed by atoms with Crippen LogP contribution in [0, 0.1) is 11.6 Å². The number of hydrogen-bond acceptors (Lipinski definition) is 10. The number of fused-ring (bicyclic) bond motifs is 7. The van der Waals surface area contributed by atoms with E-state index in [1.807, 2.05) is 4.90 Å². The van der Waals surface area contributed by atoms with Gasteiger partial charge in [-0.05, 0) is 69.8 Å². The SMILES string of the molecule is CC(C)(C)OC(=O)Nc1cc2c(-c3c4c(c5c(N6C7CC6CN(C(=O)O)C7)nc(OC[C@@]67CCCN6C[C@H](F)C7)nc5c3F)COC4)c(F)ccc2o1. The summed E-state index contributed by atoms with van der Waals surface area (Å²) in [5, 5.41) is 12.8. The summed E-state index contributed by atoms with van der Waals surface area (Å²) in [5.74, 6) is -1.17. The zero-order chi connectivity index (χ0) is 37.0. The number of carbonyl (C=O) groups excluding carboxylic acids is 1. The van der Waals surface area contributed by atoms with Gasteiger partial charge >= 0.3 is 18.2 Å². The first-order valence-electron chi connectivity index (χ1n) is 17.9. The Morgan fingerprint density at radius 3 is 2.62 bits per heavy atom. The van der Waals surface area contributed by atoms with Crippen molar-refractivity contribution in [3.05, 3.63) is 41.0 Å². The topological polar surface area (TPSA) is 143 Å². The molecule has 9 rings (SSSR count). The van der Waals surface area contributed by atoms with Crippen LogP contribution in [0.5, 0.6) is 6.01 Å². The summed E-state index contributed by atoms with van der Waals surface area (Å²) in [7, 11) is 0. The summed E-state index contributed by atoms with van der Waals surface area (Å²) in [6, 6.07) is 3.46. The first-order valence-corrected chi connectivity index (χ1v) is 17.9. The van der Waals surface area contributed by atoms with Gasteiger partial charge < -0.3 is 33.5 Å². The molecule has 7 heterocycles. The number of carbonyl (C=O) groups is 2. The van der Waals surface area contributed by atoms with Crippen molar-refractivity contribution in [2.24, 2.45) is 0 Å². The monoisotopic (exact) mass is 736 g/mol. The van der Waals surface area contributed by atoms with Gasteiger partial charge in [0.25, 0.3) is 0 Å². The number of hydrogen-bond donors (Lipinski definition) is 2. The number of likely N-dealkylation sites (tertiary alicyclic amines) is 1. The van der Waals surface area contributed by atoms with Gasteiger partial charge in [0.2, 0.25) is 5.88 Å². The van der Waals surface area contributed by atoms with Gasteiger partial charge in [-0.3, -0.25) is 10.2 Å². The van der Waals surface area contributed by atoms with E-state index in [9.17, 15) is 19.1 Å². The zero-order valence-electron chi connectivity index (χ0n) is 29.5. The molecular formula is C37H39F3N6O7. The van der Waals surface area contributed by atoms with Crippen LogP contribution in [0.2, 0.25) is 0 Å². The normalized spacial score (nSPS) is 25.1. The van der Waals surface area contributed by atoms with Crippen LogP contribution in [0.4, 0.5) is 34.5 Å². The Labute approximate surface area is 302 Å². The van der Waals surface area contributed by atoms with Crippen LogP contribution < -0.4 is 15.0 Å². The van der Waals surface area contributed by atoms with Crippen LogP contribution in [0.3, 0.4) is 0 Å². The average Bonchev–Trinajstić information content (AvgIpc) is 3.87. The molecule has 16 heteroatoms. The van der Waals surface area contributed by atoms with E-state index in [0.717, 1.165) is 25.8 Å². The van der Waals surface area contributed by atoms with Crippen molar-refractivity contribution in [3.8, 4) is 17.1 Å². The quantitative estimate of drug-likeness (QED) is 0.221. The van der Waals surface area contributed by atoms with Gasteiger partial charge in [0.15, 0.2) is 5.82 Å². The van der Waals surface area contributed by atoms with E-state index in [2.05, 4.69) is 15.2 Å². The number of nitrogens with zero attached hydrogens (tertiary/aromatic N) is 5. The Balaban J connectivity index is 1.19. The van der Waals surface area contributed by atoms with Gasteiger partial charge in [0, 0.05) is 48.6 Å². The minimum absolute atomic E-state index is 0.0158. The largest absolute Gasteiger partial charge is 0.465 e. The van der Waals surface area contributed by atoms with Gasteiger partial charge in [-0.15, -0.1) is 0 Å². The molecule has 2 aromatic heterocycles. The number of anilines is 2. The summed E-state index contributed by atoms with van der Waals surface area (Å²) in [4.78, 5) is 39.4. The molecule has 2 bridgehead atoms. The summed E-state index contributed by atoms with van der Waals surface area (Å²) in [5.41, 5.74) is -0.357. The number of halogens is 3. The lowest BCUT2D eigenvalue weighted by Crippen LogP contribution is -2.70. The van der Waals surface area contributed by atoms with Crippen LogP contribution in [0.25, 0.3) is 33.0 Å². The van der Waals surface area contributed by atoms with Crippen LogP contribution in [0.1, 0.15) is 57.6 Å². The third kappa shape index (κ3) is 5.59. The summed E-state index contributed by atoms with van der Waals surface area (Å²) in [6.07, 6.45) is -0.0658. The van der Waals surface area contributed by atoms with Crippen molar-refractivity contribution >= 4 is 45.8 Å². The first-order chi connectivity index (χ1) is 25.3. The lowest BCUT2D eigenvalue weighted by atomic mass is 9.86. The molecule has 0 aliphatic carbocycles. The highest BCUT2D eigenvalue weighted by molar-refractivity contribution is 6.04. The molecule has 0 spiro atoms. The number of carboxylic acid groups (broad SMARTS) is 1. The van der Waals surface area contributed by atoms with Gasteiger partial charge in [0.05, 0.1) is 36.2 Å². The number of ether oxygens (including phenoxy) is 3. The number of aromatic nitrogens is 2. The van der Waals surface area contributed by atoms with Gasteiger partial charge in [-0.1, -0.05) is 0 Å². The number of nitrogens with one attached hydrogen (secondary N) is 1. The number of rotatable bonds is 6. The van der Waals surface area contributed by atoms with Gasteiger partial charge in [0.1, 0.15) is 41.1 Å². The van der Waals surface area contributed by atoms with Crippen molar-refractivity contribution in [2.45, 2.75) is 89.1 Å². The Hall–Kier alpha value is -4.83. The van der Waals surface area contributed by atoms with Crippen molar-refractivity contribution < 1.29 is 46.5 Å². The van der Waals surface area contributed by atoms with Crippen molar-refractivity contribution in [3.63, 3.8) is 0 Å². The van der Waals surface area contributed by atoms with E-state index in [0.29, 0.717) is 35.3 Å². The third-order valence-electron chi connectivity index (χ3n) is 11.2.